The van der Waals surface area contributed by atoms with Crippen molar-refractivity contribution in [1.29, 1.82) is 0 Å². The molecule has 1 aromatic heterocycles. The minimum atomic E-state index is -4.34. The van der Waals surface area contributed by atoms with Crippen molar-refractivity contribution in [3.63, 3.8) is 0 Å². The van der Waals surface area contributed by atoms with Crippen LogP contribution in [0.5, 0.6) is 0 Å². The number of ether oxygens (including phenoxy) is 1. The van der Waals surface area contributed by atoms with E-state index < -0.39 is 12.8 Å². The van der Waals surface area contributed by atoms with Crippen LogP contribution < -0.4 is 5.32 Å². The Hall–Kier alpha value is -3.32. The van der Waals surface area contributed by atoms with Crippen LogP contribution in [0.4, 0.5) is 13.2 Å². The summed E-state index contributed by atoms with van der Waals surface area (Å²) < 4.78 is 46.6. The monoisotopic (exact) mass is 427 g/mol. The molecule has 4 aromatic rings. The Balaban J connectivity index is 1.35. The molecule has 31 heavy (non-hydrogen) atoms. The van der Waals surface area contributed by atoms with Crippen molar-refractivity contribution in [2.75, 3.05) is 6.61 Å². The number of benzene rings is 3. The summed E-state index contributed by atoms with van der Waals surface area (Å²) in [5, 5.41) is 5.94. The maximum absolute atomic E-state index is 12.5. The van der Waals surface area contributed by atoms with Gasteiger partial charge in [-0.3, -0.25) is 4.79 Å². The fourth-order valence-corrected chi connectivity index (χ4v) is 3.48. The van der Waals surface area contributed by atoms with Crippen LogP contribution in [0.3, 0.4) is 0 Å². The molecule has 0 aliphatic heterocycles. The second-order valence-corrected chi connectivity index (χ2v) is 7.30. The Morgan fingerprint density at radius 3 is 2.48 bits per heavy atom. The van der Waals surface area contributed by atoms with Gasteiger partial charge in [-0.05, 0) is 28.0 Å². The van der Waals surface area contributed by atoms with E-state index in [-0.39, 0.29) is 18.9 Å². The van der Waals surface area contributed by atoms with Crippen LogP contribution in [0.1, 0.15) is 16.7 Å². The molecule has 0 spiro atoms. The molecular formula is C24H20F3NO3. The van der Waals surface area contributed by atoms with Crippen molar-refractivity contribution in [2.24, 2.45) is 0 Å². The van der Waals surface area contributed by atoms with Gasteiger partial charge in [0.05, 0.1) is 19.3 Å². The lowest BCUT2D eigenvalue weighted by molar-refractivity contribution is -0.176. The molecule has 0 aliphatic carbocycles. The van der Waals surface area contributed by atoms with Gasteiger partial charge in [-0.15, -0.1) is 0 Å². The highest BCUT2D eigenvalue weighted by molar-refractivity contribution is 6.08. The summed E-state index contributed by atoms with van der Waals surface area (Å²) in [7, 11) is 0. The molecule has 3 aromatic carbocycles. The van der Waals surface area contributed by atoms with Crippen molar-refractivity contribution in [3.8, 4) is 0 Å². The number of carbonyl (C=O) groups excluding carboxylic acids is 1. The number of rotatable bonds is 7. The first-order chi connectivity index (χ1) is 14.9. The number of carbonyl (C=O) groups is 1. The highest BCUT2D eigenvalue weighted by atomic mass is 19.4. The lowest BCUT2D eigenvalue weighted by Gasteiger charge is -2.09. The lowest BCUT2D eigenvalue weighted by Crippen LogP contribution is -2.24. The summed E-state index contributed by atoms with van der Waals surface area (Å²) >= 11 is 0. The highest BCUT2D eigenvalue weighted by Crippen LogP contribution is 2.30. The van der Waals surface area contributed by atoms with Crippen molar-refractivity contribution in [2.45, 2.75) is 25.7 Å². The molecule has 0 radical (unpaired) electrons. The van der Waals surface area contributed by atoms with Crippen LogP contribution in [0.25, 0.3) is 21.7 Å². The van der Waals surface area contributed by atoms with Crippen molar-refractivity contribution in [3.05, 3.63) is 83.6 Å². The molecule has 7 heteroatoms. The molecule has 0 saturated heterocycles. The molecule has 4 nitrogen and oxygen atoms in total. The first-order valence-electron chi connectivity index (χ1n) is 9.76. The molecule has 4 rings (SSSR count). The molecule has 1 N–H and O–H groups in total. The third-order valence-corrected chi connectivity index (χ3v) is 4.94. The smallest absolute Gasteiger partial charge is 0.411 e. The number of halogens is 3. The zero-order chi connectivity index (χ0) is 21.8. The third-order valence-electron chi connectivity index (χ3n) is 4.94. The summed E-state index contributed by atoms with van der Waals surface area (Å²) in [5.41, 5.74) is 3.04. The van der Waals surface area contributed by atoms with E-state index >= 15 is 0 Å². The molecule has 0 fully saturated rings. The minimum Gasteiger partial charge on any atom is -0.464 e. The number of alkyl halides is 3. The minimum absolute atomic E-state index is 0.117. The third kappa shape index (κ3) is 5.24. The second-order valence-electron chi connectivity index (χ2n) is 7.30. The van der Waals surface area contributed by atoms with E-state index in [9.17, 15) is 18.0 Å². The number of hydrogen-bond donors (Lipinski definition) is 1. The largest absolute Gasteiger partial charge is 0.464 e. The molecule has 0 saturated carbocycles. The molecule has 0 aliphatic rings. The number of hydrogen-bond acceptors (Lipinski definition) is 3. The van der Waals surface area contributed by atoms with Gasteiger partial charge in [-0.1, -0.05) is 54.6 Å². The zero-order valence-corrected chi connectivity index (χ0v) is 16.5. The Labute approximate surface area is 176 Å². The molecule has 1 amide bonds. The van der Waals surface area contributed by atoms with Crippen LogP contribution in [0.2, 0.25) is 0 Å². The summed E-state index contributed by atoms with van der Waals surface area (Å²) in [6, 6.07) is 18.7. The number of amides is 1. The first-order valence-corrected chi connectivity index (χ1v) is 9.76. The topological polar surface area (TPSA) is 51.5 Å². The average Bonchev–Trinajstić information content (AvgIpc) is 3.15. The van der Waals surface area contributed by atoms with Crippen LogP contribution in [0.15, 0.2) is 71.3 Å². The highest BCUT2D eigenvalue weighted by Gasteiger charge is 2.27. The predicted molar refractivity (Wildman–Crippen MR) is 111 cm³/mol. The van der Waals surface area contributed by atoms with Crippen molar-refractivity contribution >= 4 is 27.6 Å². The molecule has 0 unspecified atom stereocenters. The number of nitrogens with one attached hydrogen (secondary N) is 1. The van der Waals surface area contributed by atoms with E-state index in [1.54, 1.807) is 30.5 Å². The summed E-state index contributed by atoms with van der Waals surface area (Å²) in [6.45, 7) is -1.07. The van der Waals surface area contributed by atoms with Gasteiger partial charge in [0.2, 0.25) is 5.91 Å². The van der Waals surface area contributed by atoms with Gasteiger partial charge in [0.25, 0.3) is 0 Å². The van der Waals surface area contributed by atoms with Gasteiger partial charge in [0, 0.05) is 17.5 Å². The molecule has 0 bridgehead atoms. The van der Waals surface area contributed by atoms with Gasteiger partial charge >= 0.3 is 6.18 Å². The average molecular weight is 427 g/mol. The number of furan rings is 1. The van der Waals surface area contributed by atoms with Crippen molar-refractivity contribution in [1.82, 2.24) is 5.32 Å². The Bertz CT molecular complexity index is 1200. The van der Waals surface area contributed by atoms with Gasteiger partial charge < -0.3 is 14.5 Å². The van der Waals surface area contributed by atoms with E-state index in [1.807, 2.05) is 36.4 Å². The van der Waals surface area contributed by atoms with E-state index in [1.165, 1.54) is 0 Å². The quantitative estimate of drug-likeness (QED) is 0.422. The summed E-state index contributed by atoms with van der Waals surface area (Å²) in [4.78, 5) is 12.5. The van der Waals surface area contributed by atoms with E-state index in [0.29, 0.717) is 12.1 Å². The van der Waals surface area contributed by atoms with Crippen LogP contribution >= 0.6 is 0 Å². The maximum atomic E-state index is 12.5. The number of fused-ring (bicyclic) bond motifs is 3. The molecule has 160 valence electrons. The normalized spacial score (nSPS) is 11.8. The van der Waals surface area contributed by atoms with E-state index in [2.05, 4.69) is 10.1 Å². The lowest BCUT2D eigenvalue weighted by atomic mass is 10.0. The maximum Gasteiger partial charge on any atom is 0.411 e. The van der Waals surface area contributed by atoms with E-state index in [0.717, 1.165) is 32.9 Å². The molecular weight excluding hydrogens is 407 g/mol. The summed E-state index contributed by atoms with van der Waals surface area (Å²) in [6.07, 6.45) is -2.53. The van der Waals surface area contributed by atoms with Crippen molar-refractivity contribution < 1.29 is 27.1 Å². The van der Waals surface area contributed by atoms with E-state index in [4.69, 9.17) is 4.42 Å². The first kappa shape index (κ1) is 20.9. The second kappa shape index (κ2) is 8.81. The zero-order valence-electron chi connectivity index (χ0n) is 16.5. The van der Waals surface area contributed by atoms with Crippen LogP contribution in [0, 0.1) is 0 Å². The van der Waals surface area contributed by atoms with Crippen LogP contribution in [-0.2, 0) is 29.1 Å². The predicted octanol–water partition coefficient (Wildman–Crippen LogP) is 5.52. The Morgan fingerprint density at radius 1 is 0.968 bits per heavy atom. The Kier molecular flexibility index (Phi) is 5.95. The fraction of sp³-hybridized carbons (Fsp3) is 0.208. The standard InChI is InChI=1S/C24H20F3NO3/c25-24(26,27)15-30-13-17-7-5-16(6-8-17)12-28-22(29)11-19-14-31-21-10-9-18-3-1-2-4-20(18)23(19)21/h1-10,14H,11-13,15H2,(H,28,29). The van der Waals surface area contributed by atoms with Crippen LogP contribution in [-0.4, -0.2) is 18.7 Å². The van der Waals surface area contributed by atoms with Gasteiger partial charge in [-0.2, -0.15) is 13.2 Å². The Morgan fingerprint density at radius 2 is 1.71 bits per heavy atom. The molecule has 1 heterocycles. The SMILES string of the molecule is O=C(Cc1coc2ccc3ccccc3c12)NCc1ccc(COCC(F)(F)F)cc1. The van der Waals surface area contributed by atoms with Gasteiger partial charge in [-0.25, -0.2) is 0 Å². The van der Waals surface area contributed by atoms with Gasteiger partial charge in [0.15, 0.2) is 0 Å². The molecule has 0 atom stereocenters. The summed E-state index contributed by atoms with van der Waals surface area (Å²) in [5.74, 6) is -0.145. The van der Waals surface area contributed by atoms with Gasteiger partial charge in [0.1, 0.15) is 12.2 Å². The fourth-order valence-electron chi connectivity index (χ4n) is 3.48.